The molecule has 7 heteroatoms. The molecule has 0 aliphatic heterocycles. The van der Waals surface area contributed by atoms with E-state index in [2.05, 4.69) is 19.6 Å². The quantitative estimate of drug-likeness (QED) is 0.155. The summed E-state index contributed by atoms with van der Waals surface area (Å²) in [5.74, 6) is -1.17. The van der Waals surface area contributed by atoms with Crippen LogP contribution in [0.25, 0.3) is 0 Å². The summed E-state index contributed by atoms with van der Waals surface area (Å²) >= 11 is 0. The van der Waals surface area contributed by atoms with Crippen LogP contribution in [0.15, 0.2) is 30.3 Å². The zero-order chi connectivity index (χ0) is 23.1. The number of carbonyl (C=O) groups is 4. The summed E-state index contributed by atoms with van der Waals surface area (Å²) in [7, 11) is -1.25. The third-order valence-corrected chi connectivity index (χ3v) is 6.41. The van der Waals surface area contributed by atoms with Crippen molar-refractivity contribution in [1.29, 1.82) is 0 Å². The highest BCUT2D eigenvalue weighted by Gasteiger charge is 2.15. The molecule has 1 aromatic carbocycles. The second-order valence-corrected chi connectivity index (χ2v) is 14.6. The molecule has 0 saturated heterocycles. The van der Waals surface area contributed by atoms with E-state index in [1.54, 1.807) is 0 Å². The molecule has 0 saturated carbocycles. The molecule has 0 amide bonds. The molecule has 0 bridgehead atoms. The molecule has 0 aliphatic carbocycles. The van der Waals surface area contributed by atoms with Crippen molar-refractivity contribution in [2.75, 3.05) is 6.61 Å². The number of rotatable bonds is 16. The summed E-state index contributed by atoms with van der Waals surface area (Å²) in [5, 5.41) is 0. The van der Waals surface area contributed by atoms with Crippen LogP contribution < -0.4 is 0 Å². The lowest BCUT2D eigenvalue weighted by Crippen LogP contribution is -2.23. The minimum Gasteiger partial charge on any atom is -0.466 e. The van der Waals surface area contributed by atoms with Crippen molar-refractivity contribution in [3.8, 4) is 0 Å². The first-order valence-corrected chi connectivity index (χ1v) is 14.7. The highest BCUT2D eigenvalue weighted by Crippen LogP contribution is 2.11. The highest BCUT2D eigenvalue weighted by atomic mass is 28.3. The fourth-order valence-corrected chi connectivity index (χ4v) is 3.52. The Balaban J connectivity index is 2.02. The zero-order valence-electron chi connectivity index (χ0n) is 19.1. The molecule has 0 N–H and O–H groups in total. The third kappa shape index (κ3) is 15.2. The number of ether oxygens (including phenoxy) is 2. The van der Waals surface area contributed by atoms with Crippen molar-refractivity contribution < 1.29 is 28.7 Å². The van der Waals surface area contributed by atoms with E-state index >= 15 is 0 Å². The van der Waals surface area contributed by atoms with Crippen LogP contribution in [0.1, 0.15) is 56.9 Å². The Hall–Kier alpha value is -2.28. The minimum absolute atomic E-state index is 0.102. The van der Waals surface area contributed by atoms with E-state index in [1.165, 1.54) is 0 Å². The summed E-state index contributed by atoms with van der Waals surface area (Å²) in [4.78, 5) is 47.1. The van der Waals surface area contributed by atoms with E-state index in [1.807, 2.05) is 30.3 Å². The van der Waals surface area contributed by atoms with Crippen LogP contribution in [0.4, 0.5) is 0 Å². The largest absolute Gasteiger partial charge is 0.466 e. The fourth-order valence-electron chi connectivity index (χ4n) is 2.81. The molecule has 0 aliphatic rings. The van der Waals surface area contributed by atoms with Crippen LogP contribution in [0.3, 0.4) is 0 Å². The number of hydrogen-bond acceptors (Lipinski definition) is 6. The molecule has 0 unspecified atom stereocenters. The molecule has 1 rings (SSSR count). The number of hydrogen-bond donors (Lipinski definition) is 0. The molecule has 0 heterocycles. The smallest absolute Gasteiger partial charge is 0.313 e. The topological polar surface area (TPSA) is 86.7 Å². The van der Waals surface area contributed by atoms with Gasteiger partial charge in [-0.1, -0.05) is 62.8 Å². The lowest BCUT2D eigenvalue weighted by atomic mass is 10.1. The molecule has 1 aromatic rings. The molecule has 0 fully saturated rings. The number of esters is 2. The van der Waals surface area contributed by atoms with Crippen LogP contribution in [-0.2, 0) is 35.3 Å². The van der Waals surface area contributed by atoms with Crippen molar-refractivity contribution in [2.45, 2.75) is 83.7 Å². The minimum atomic E-state index is -1.25. The lowest BCUT2D eigenvalue weighted by molar-refractivity contribution is -0.148. The molecule has 0 atom stereocenters. The normalized spacial score (nSPS) is 11.1. The second kappa shape index (κ2) is 14.7. The standard InChI is InChI=1S/C24H36O6Si/c1-31(2,3)16-15-29-23(27)17-21(25)13-9-4-5-10-14-22(26)18-24(28)30-19-20-11-7-6-8-12-20/h6-8,11-12H,4-5,9-10,13-19H2,1-3H3. The van der Waals surface area contributed by atoms with Crippen molar-refractivity contribution in [1.82, 2.24) is 0 Å². The van der Waals surface area contributed by atoms with Gasteiger partial charge in [-0.15, -0.1) is 0 Å². The average molecular weight is 449 g/mol. The summed E-state index contributed by atoms with van der Waals surface area (Å²) in [5.41, 5.74) is 0.887. The molecular weight excluding hydrogens is 412 g/mol. The Labute approximate surface area is 186 Å². The number of benzene rings is 1. The van der Waals surface area contributed by atoms with Gasteiger partial charge in [0, 0.05) is 20.9 Å². The fraction of sp³-hybridized carbons (Fsp3) is 0.583. The number of unbranched alkanes of at least 4 members (excludes halogenated alkanes) is 3. The van der Waals surface area contributed by atoms with E-state index in [0.717, 1.165) is 24.4 Å². The van der Waals surface area contributed by atoms with Crippen molar-refractivity contribution in [3.05, 3.63) is 35.9 Å². The maximum absolute atomic E-state index is 11.9. The SMILES string of the molecule is C[Si](C)(C)CCOC(=O)CC(=O)CCCCCCC(=O)CC(=O)OCc1ccccc1. The summed E-state index contributed by atoms with van der Waals surface area (Å²) < 4.78 is 10.2. The van der Waals surface area contributed by atoms with Gasteiger partial charge in [0.25, 0.3) is 0 Å². The van der Waals surface area contributed by atoms with Crippen molar-refractivity contribution in [3.63, 3.8) is 0 Å². The summed E-state index contributed by atoms with van der Waals surface area (Å²) in [6.45, 7) is 7.19. The molecule has 0 radical (unpaired) electrons. The van der Waals surface area contributed by atoms with Gasteiger partial charge in [0.1, 0.15) is 31.0 Å². The zero-order valence-corrected chi connectivity index (χ0v) is 20.1. The van der Waals surface area contributed by atoms with Gasteiger partial charge in [-0.2, -0.15) is 0 Å². The maximum atomic E-state index is 11.9. The van der Waals surface area contributed by atoms with Gasteiger partial charge < -0.3 is 9.47 Å². The van der Waals surface area contributed by atoms with Crippen LogP contribution in [-0.4, -0.2) is 38.2 Å². The number of ketones is 2. The van der Waals surface area contributed by atoms with Gasteiger partial charge in [0.05, 0.1) is 6.61 Å². The van der Waals surface area contributed by atoms with Crippen LogP contribution in [0.2, 0.25) is 25.7 Å². The van der Waals surface area contributed by atoms with E-state index in [0.29, 0.717) is 32.3 Å². The Bertz CT molecular complexity index is 709. The third-order valence-electron chi connectivity index (χ3n) is 4.70. The molecular formula is C24H36O6Si. The van der Waals surface area contributed by atoms with Gasteiger partial charge in [-0.05, 0) is 24.4 Å². The Morgan fingerprint density at radius 2 is 1.26 bits per heavy atom. The predicted molar refractivity (Wildman–Crippen MR) is 122 cm³/mol. The van der Waals surface area contributed by atoms with Gasteiger partial charge in [0.15, 0.2) is 0 Å². The molecule has 0 aromatic heterocycles. The highest BCUT2D eigenvalue weighted by molar-refractivity contribution is 6.76. The molecule has 6 nitrogen and oxygen atoms in total. The van der Waals surface area contributed by atoms with Crippen molar-refractivity contribution >= 4 is 31.6 Å². The first kappa shape index (κ1) is 26.8. The monoisotopic (exact) mass is 448 g/mol. The predicted octanol–water partition coefficient (Wildman–Crippen LogP) is 4.87. The Morgan fingerprint density at radius 3 is 1.77 bits per heavy atom. The van der Waals surface area contributed by atoms with E-state index in [-0.39, 0.29) is 31.0 Å². The van der Waals surface area contributed by atoms with Crippen LogP contribution in [0.5, 0.6) is 0 Å². The van der Waals surface area contributed by atoms with E-state index < -0.39 is 20.0 Å². The Kier molecular flexibility index (Phi) is 12.7. The number of carbonyl (C=O) groups excluding carboxylic acids is 4. The first-order chi connectivity index (χ1) is 14.7. The summed E-state index contributed by atoms with van der Waals surface area (Å²) in [6.07, 6.45) is 3.30. The summed E-state index contributed by atoms with van der Waals surface area (Å²) in [6, 6.07) is 10.2. The molecule has 0 spiro atoms. The maximum Gasteiger partial charge on any atom is 0.313 e. The van der Waals surface area contributed by atoms with Gasteiger partial charge in [-0.3, -0.25) is 19.2 Å². The average Bonchev–Trinajstić information content (AvgIpc) is 2.68. The van der Waals surface area contributed by atoms with E-state index in [4.69, 9.17) is 9.47 Å². The number of Topliss-reactive ketones (excluding diaryl/α,β-unsaturated/α-hetero) is 2. The van der Waals surface area contributed by atoms with Crippen LogP contribution in [0, 0.1) is 0 Å². The van der Waals surface area contributed by atoms with Crippen molar-refractivity contribution in [2.24, 2.45) is 0 Å². The molecule has 31 heavy (non-hydrogen) atoms. The van der Waals surface area contributed by atoms with Gasteiger partial charge >= 0.3 is 11.9 Å². The molecule has 172 valence electrons. The van der Waals surface area contributed by atoms with Gasteiger partial charge in [-0.25, -0.2) is 0 Å². The van der Waals surface area contributed by atoms with E-state index in [9.17, 15) is 19.2 Å². The van der Waals surface area contributed by atoms with Gasteiger partial charge in [0.2, 0.25) is 0 Å². The lowest BCUT2D eigenvalue weighted by Gasteiger charge is -2.15. The Morgan fingerprint density at radius 1 is 0.742 bits per heavy atom. The second-order valence-electron chi connectivity index (χ2n) is 9.02. The first-order valence-electron chi connectivity index (χ1n) is 11.0. The van der Waals surface area contributed by atoms with Crippen LogP contribution >= 0.6 is 0 Å².